The van der Waals surface area contributed by atoms with Crippen molar-refractivity contribution in [3.8, 4) is 0 Å². The van der Waals surface area contributed by atoms with Gasteiger partial charge in [0, 0.05) is 18.7 Å². The quantitative estimate of drug-likeness (QED) is 0.330. The molecule has 5 nitrogen and oxygen atoms in total. The average molecular weight is 484 g/mol. The highest BCUT2D eigenvalue weighted by atomic mass is 19.1. The molecule has 2 aromatic rings. The number of benzene rings is 2. The van der Waals surface area contributed by atoms with Gasteiger partial charge in [0.2, 0.25) is 0 Å². The minimum atomic E-state index is -0.623. The molecule has 6 heteroatoms. The van der Waals surface area contributed by atoms with E-state index in [9.17, 15) is 14.3 Å². The number of rotatable bonds is 12. The minimum Gasteiger partial charge on any atom is -0.463 e. The molecule has 1 aliphatic rings. The maximum absolute atomic E-state index is 14.0. The first-order valence-electron chi connectivity index (χ1n) is 12.6. The van der Waals surface area contributed by atoms with E-state index < -0.39 is 6.10 Å². The largest absolute Gasteiger partial charge is 0.463 e. The van der Waals surface area contributed by atoms with Gasteiger partial charge >= 0.3 is 5.97 Å². The lowest BCUT2D eigenvalue weighted by atomic mass is 10.00. The molecule has 190 valence electrons. The zero-order valence-electron chi connectivity index (χ0n) is 21.1. The van der Waals surface area contributed by atoms with Gasteiger partial charge in [-0.2, -0.15) is 0 Å². The zero-order valence-corrected chi connectivity index (χ0v) is 21.1. The van der Waals surface area contributed by atoms with Gasteiger partial charge in [0.15, 0.2) is 0 Å². The van der Waals surface area contributed by atoms with Gasteiger partial charge in [-0.05, 0) is 80.5 Å². The summed E-state index contributed by atoms with van der Waals surface area (Å²) in [5, 5.41) is 10.8. The number of carbonyl (C=O) groups excluding carboxylic acids is 1. The van der Waals surface area contributed by atoms with Gasteiger partial charge < -0.3 is 14.6 Å². The van der Waals surface area contributed by atoms with Crippen LogP contribution in [0.4, 0.5) is 4.39 Å². The zero-order chi connectivity index (χ0) is 25.2. The Hall–Kier alpha value is -2.54. The Labute approximate surface area is 208 Å². The van der Waals surface area contributed by atoms with Gasteiger partial charge in [0.05, 0.1) is 25.4 Å². The van der Waals surface area contributed by atoms with Crippen LogP contribution in [-0.4, -0.2) is 54.4 Å². The first-order chi connectivity index (χ1) is 16.9. The lowest BCUT2D eigenvalue weighted by molar-refractivity contribution is -0.137. The van der Waals surface area contributed by atoms with Gasteiger partial charge in [-0.1, -0.05) is 43.3 Å². The third kappa shape index (κ3) is 7.99. The highest BCUT2D eigenvalue weighted by molar-refractivity contribution is 5.87. The number of hydrogen-bond acceptors (Lipinski definition) is 5. The molecule has 0 aromatic heterocycles. The van der Waals surface area contributed by atoms with Crippen LogP contribution in [0.3, 0.4) is 0 Å². The van der Waals surface area contributed by atoms with Crippen LogP contribution in [0.1, 0.15) is 61.5 Å². The molecule has 1 aliphatic heterocycles. The molecule has 2 aromatic carbocycles. The fourth-order valence-electron chi connectivity index (χ4n) is 4.68. The van der Waals surface area contributed by atoms with E-state index >= 15 is 0 Å². The van der Waals surface area contributed by atoms with E-state index in [2.05, 4.69) is 4.90 Å². The smallest absolute Gasteiger partial charge is 0.330 e. The summed E-state index contributed by atoms with van der Waals surface area (Å²) in [5.41, 5.74) is 3.53. The Morgan fingerprint density at radius 2 is 2.06 bits per heavy atom. The van der Waals surface area contributed by atoms with Crippen LogP contribution in [0.15, 0.2) is 48.5 Å². The molecule has 0 spiro atoms. The molecule has 0 bridgehead atoms. The summed E-state index contributed by atoms with van der Waals surface area (Å²) in [6, 6.07) is 13.5. The van der Waals surface area contributed by atoms with Crippen LogP contribution in [0.2, 0.25) is 0 Å². The van der Waals surface area contributed by atoms with Crippen LogP contribution in [0.5, 0.6) is 0 Å². The van der Waals surface area contributed by atoms with E-state index in [1.165, 1.54) is 6.08 Å². The SMILES string of the molecule is CCOC(=O)C=Cc1ccccc1[C@@H](CC)OC[C@H](O)CN1CCC[C@H]1Cc1ccc(C)c(F)c1. The fraction of sp³-hybridized carbons (Fsp3) is 0.483. The second kappa shape index (κ2) is 13.5. The average Bonchev–Trinajstić information content (AvgIpc) is 3.27. The lowest BCUT2D eigenvalue weighted by Gasteiger charge is -2.28. The van der Waals surface area contributed by atoms with Crippen molar-refractivity contribution in [2.45, 2.75) is 64.7 Å². The highest BCUT2D eigenvalue weighted by Crippen LogP contribution is 2.27. The summed E-state index contributed by atoms with van der Waals surface area (Å²) in [4.78, 5) is 14.0. The van der Waals surface area contributed by atoms with E-state index in [1.54, 1.807) is 26.0 Å². The molecule has 0 amide bonds. The topological polar surface area (TPSA) is 59.0 Å². The molecular weight excluding hydrogens is 445 g/mol. The Kier molecular flexibility index (Phi) is 10.5. The van der Waals surface area contributed by atoms with Crippen LogP contribution >= 0.6 is 0 Å². The van der Waals surface area contributed by atoms with Gasteiger partial charge in [0.25, 0.3) is 0 Å². The van der Waals surface area contributed by atoms with E-state index in [0.29, 0.717) is 24.8 Å². The highest BCUT2D eigenvalue weighted by Gasteiger charge is 2.27. The van der Waals surface area contributed by atoms with Crippen molar-refractivity contribution in [3.63, 3.8) is 0 Å². The summed E-state index contributed by atoms with van der Waals surface area (Å²) in [7, 11) is 0. The fourth-order valence-corrected chi connectivity index (χ4v) is 4.68. The summed E-state index contributed by atoms with van der Waals surface area (Å²) < 4.78 is 25.1. The number of likely N-dealkylation sites (tertiary alicyclic amines) is 1. The molecule has 35 heavy (non-hydrogen) atoms. The van der Waals surface area contributed by atoms with Crippen molar-refractivity contribution in [2.24, 2.45) is 0 Å². The number of aliphatic hydroxyl groups excluding tert-OH is 1. The third-order valence-corrected chi connectivity index (χ3v) is 6.54. The number of β-amino-alcohol motifs (C(OH)–C–C–N with tert-alkyl or cyclic N) is 1. The molecule has 1 fully saturated rings. The van der Waals surface area contributed by atoms with Gasteiger partial charge in [0.1, 0.15) is 5.82 Å². The predicted octanol–water partition coefficient (Wildman–Crippen LogP) is 5.25. The third-order valence-electron chi connectivity index (χ3n) is 6.54. The number of ether oxygens (including phenoxy) is 2. The Balaban J connectivity index is 1.56. The summed E-state index contributed by atoms with van der Waals surface area (Å²) in [6.45, 7) is 7.60. The molecule has 0 saturated carbocycles. The Bertz CT molecular complexity index is 992. The molecule has 1 N–H and O–H groups in total. The molecule has 1 saturated heterocycles. The van der Waals surface area contributed by atoms with E-state index in [-0.39, 0.29) is 24.5 Å². The minimum absolute atomic E-state index is 0.163. The monoisotopic (exact) mass is 483 g/mol. The summed E-state index contributed by atoms with van der Waals surface area (Å²) in [5.74, 6) is -0.538. The number of nitrogens with zero attached hydrogens (tertiary/aromatic N) is 1. The standard InChI is InChI=1S/C29H38FNO4/c1-4-28(26-11-7-6-9-23(26)14-15-29(33)34-5-2)35-20-25(32)19-31-16-8-10-24(31)17-22-13-12-21(3)27(30)18-22/h6-7,9,11-15,18,24-25,28,32H,4-5,8,10,16-17,19-20H2,1-3H3/t24-,25+,28+/m0/s1. The van der Waals surface area contributed by atoms with Crippen molar-refractivity contribution in [1.82, 2.24) is 4.90 Å². The Morgan fingerprint density at radius 1 is 1.26 bits per heavy atom. The molecule has 0 unspecified atom stereocenters. The lowest BCUT2D eigenvalue weighted by Crippen LogP contribution is -2.39. The molecule has 1 heterocycles. The van der Waals surface area contributed by atoms with Crippen molar-refractivity contribution >= 4 is 12.0 Å². The maximum Gasteiger partial charge on any atom is 0.330 e. The summed E-state index contributed by atoms with van der Waals surface area (Å²) >= 11 is 0. The van der Waals surface area contributed by atoms with Crippen LogP contribution in [-0.2, 0) is 20.7 Å². The molecule has 0 radical (unpaired) electrons. The summed E-state index contributed by atoms with van der Waals surface area (Å²) in [6.07, 6.45) is 5.99. The van der Waals surface area contributed by atoms with Crippen molar-refractivity contribution in [2.75, 3.05) is 26.3 Å². The Morgan fingerprint density at radius 3 is 2.80 bits per heavy atom. The van der Waals surface area contributed by atoms with Crippen molar-refractivity contribution < 1.29 is 23.8 Å². The molecular formula is C29H38FNO4. The molecule has 3 atom stereocenters. The number of esters is 1. The number of carbonyl (C=O) groups is 1. The van der Waals surface area contributed by atoms with Crippen LogP contribution in [0, 0.1) is 12.7 Å². The van der Waals surface area contributed by atoms with Crippen LogP contribution in [0.25, 0.3) is 6.08 Å². The first kappa shape index (κ1) is 27.1. The van der Waals surface area contributed by atoms with E-state index in [4.69, 9.17) is 9.47 Å². The normalized spacial score (nSPS) is 18.1. The van der Waals surface area contributed by atoms with E-state index in [0.717, 1.165) is 48.9 Å². The second-order valence-electron chi connectivity index (χ2n) is 9.18. The number of aliphatic hydroxyl groups is 1. The van der Waals surface area contributed by atoms with Gasteiger partial charge in [-0.25, -0.2) is 9.18 Å². The molecule has 0 aliphatic carbocycles. The van der Waals surface area contributed by atoms with Gasteiger partial charge in [-0.3, -0.25) is 4.90 Å². The van der Waals surface area contributed by atoms with Crippen molar-refractivity contribution in [1.29, 1.82) is 0 Å². The molecule has 3 rings (SSSR count). The second-order valence-corrected chi connectivity index (χ2v) is 9.18. The predicted molar refractivity (Wildman–Crippen MR) is 137 cm³/mol. The van der Waals surface area contributed by atoms with Crippen LogP contribution < -0.4 is 0 Å². The number of hydrogen-bond donors (Lipinski definition) is 1. The van der Waals surface area contributed by atoms with Gasteiger partial charge in [-0.15, -0.1) is 0 Å². The number of aryl methyl sites for hydroxylation is 1. The maximum atomic E-state index is 14.0. The van der Waals surface area contributed by atoms with Crippen molar-refractivity contribution in [3.05, 3.63) is 76.6 Å². The first-order valence-corrected chi connectivity index (χ1v) is 12.6. The number of halogens is 1. The van der Waals surface area contributed by atoms with E-state index in [1.807, 2.05) is 43.3 Å².